The largest absolute Gasteiger partial charge is 0.462 e. The van der Waals surface area contributed by atoms with Crippen LogP contribution in [0.15, 0.2) is 36.1 Å². The maximum Gasteiger partial charge on any atom is 0.337 e. The van der Waals surface area contributed by atoms with E-state index in [4.69, 9.17) is 4.74 Å². The lowest BCUT2D eigenvalue weighted by Crippen LogP contribution is -2.26. The number of carbonyl (C=O) groups excluding carboxylic acids is 1. The molecular weight excluding hydrogens is 264 g/mol. The van der Waals surface area contributed by atoms with E-state index in [2.05, 4.69) is 25.0 Å². The van der Waals surface area contributed by atoms with Crippen molar-refractivity contribution in [1.82, 2.24) is 9.78 Å². The van der Waals surface area contributed by atoms with Crippen molar-refractivity contribution >= 4 is 5.97 Å². The predicted molar refractivity (Wildman–Crippen MR) is 82.8 cm³/mol. The van der Waals surface area contributed by atoms with Crippen LogP contribution in [0.25, 0.3) is 0 Å². The van der Waals surface area contributed by atoms with Gasteiger partial charge in [0, 0.05) is 12.1 Å². The van der Waals surface area contributed by atoms with E-state index in [1.807, 2.05) is 42.9 Å². The zero-order valence-electron chi connectivity index (χ0n) is 13.2. The zero-order chi connectivity index (χ0) is 15.4. The van der Waals surface area contributed by atoms with E-state index >= 15 is 0 Å². The van der Waals surface area contributed by atoms with Crippen LogP contribution in [0.4, 0.5) is 0 Å². The summed E-state index contributed by atoms with van der Waals surface area (Å²) < 4.78 is 7.09. The Morgan fingerprint density at radius 1 is 1.48 bits per heavy atom. The number of nitrogens with zero attached hydrogens (tertiary/aromatic N) is 2. The fourth-order valence-electron chi connectivity index (χ4n) is 2.68. The van der Waals surface area contributed by atoms with E-state index < -0.39 is 0 Å². The molecule has 0 saturated carbocycles. The number of carbonyl (C=O) groups is 1. The van der Waals surface area contributed by atoms with Gasteiger partial charge in [-0.1, -0.05) is 32.4 Å². The Morgan fingerprint density at radius 2 is 2.24 bits per heavy atom. The Morgan fingerprint density at radius 3 is 2.81 bits per heavy atom. The normalized spacial score (nSPS) is 22.8. The first-order valence-electron chi connectivity index (χ1n) is 7.65. The minimum Gasteiger partial charge on any atom is -0.462 e. The third-order valence-corrected chi connectivity index (χ3v) is 4.10. The lowest BCUT2D eigenvalue weighted by molar-refractivity contribution is -0.138. The summed E-state index contributed by atoms with van der Waals surface area (Å²) in [7, 11) is 0. The predicted octanol–water partition coefficient (Wildman–Crippen LogP) is 3.45. The Kier molecular flexibility index (Phi) is 4.99. The molecule has 0 radical (unpaired) electrons. The minimum atomic E-state index is -0.239. The molecule has 2 rings (SSSR count). The van der Waals surface area contributed by atoms with Crippen molar-refractivity contribution in [2.45, 2.75) is 40.2 Å². The van der Waals surface area contributed by atoms with Crippen LogP contribution in [0.1, 0.15) is 38.9 Å². The van der Waals surface area contributed by atoms with Gasteiger partial charge in [-0.3, -0.25) is 4.68 Å². The summed E-state index contributed by atoms with van der Waals surface area (Å²) in [4.78, 5) is 11.9. The molecule has 1 aliphatic rings. The molecule has 1 heterocycles. The molecule has 4 heteroatoms. The van der Waals surface area contributed by atoms with Crippen LogP contribution in [0, 0.1) is 18.8 Å². The van der Waals surface area contributed by atoms with Crippen molar-refractivity contribution in [2.75, 3.05) is 6.61 Å². The number of rotatable bonds is 5. The molecule has 3 atom stereocenters. The van der Waals surface area contributed by atoms with Gasteiger partial charge in [-0.05, 0) is 31.9 Å². The van der Waals surface area contributed by atoms with Crippen molar-refractivity contribution < 1.29 is 9.53 Å². The second kappa shape index (κ2) is 6.74. The van der Waals surface area contributed by atoms with E-state index in [1.165, 1.54) is 0 Å². The van der Waals surface area contributed by atoms with Gasteiger partial charge in [0.1, 0.15) is 0 Å². The average Bonchev–Trinajstić information content (AvgIpc) is 2.92. The molecule has 1 aliphatic carbocycles. The summed E-state index contributed by atoms with van der Waals surface area (Å²) in [5, 5.41) is 4.53. The zero-order valence-corrected chi connectivity index (χ0v) is 13.2. The second-order valence-electron chi connectivity index (χ2n) is 5.59. The van der Waals surface area contributed by atoms with E-state index in [0.717, 1.165) is 12.1 Å². The third-order valence-electron chi connectivity index (χ3n) is 4.10. The second-order valence-corrected chi connectivity index (χ2v) is 5.59. The van der Waals surface area contributed by atoms with Crippen molar-refractivity contribution in [2.24, 2.45) is 11.8 Å². The number of allylic oxidation sites excluding steroid dienone is 2. The third kappa shape index (κ3) is 3.43. The highest BCUT2D eigenvalue weighted by atomic mass is 16.5. The van der Waals surface area contributed by atoms with E-state index in [9.17, 15) is 4.79 Å². The summed E-state index contributed by atoms with van der Waals surface area (Å²) in [6, 6.07) is 2.17. The maximum atomic E-state index is 11.9. The van der Waals surface area contributed by atoms with Gasteiger partial charge in [0.2, 0.25) is 0 Å². The van der Waals surface area contributed by atoms with Gasteiger partial charge in [-0.2, -0.15) is 5.10 Å². The van der Waals surface area contributed by atoms with Crippen LogP contribution in [0.5, 0.6) is 0 Å². The molecule has 0 bridgehead atoms. The smallest absolute Gasteiger partial charge is 0.337 e. The molecule has 1 aromatic heterocycles. The van der Waals surface area contributed by atoms with E-state index in [-0.39, 0.29) is 17.9 Å². The first-order valence-corrected chi connectivity index (χ1v) is 7.65. The summed E-state index contributed by atoms with van der Waals surface area (Å²) in [6.45, 7) is 8.60. The van der Waals surface area contributed by atoms with Gasteiger partial charge in [0.05, 0.1) is 23.9 Å². The van der Waals surface area contributed by atoms with E-state index in [1.54, 1.807) is 0 Å². The summed E-state index contributed by atoms with van der Waals surface area (Å²) in [5.74, 6) is 0.477. The van der Waals surface area contributed by atoms with Crippen LogP contribution in [0.2, 0.25) is 0 Å². The summed E-state index contributed by atoms with van der Waals surface area (Å²) in [5.41, 5.74) is 1.66. The number of hydrogen-bond acceptors (Lipinski definition) is 3. The average molecular weight is 288 g/mol. The van der Waals surface area contributed by atoms with Crippen LogP contribution in [-0.2, 0) is 9.53 Å². The molecule has 0 aromatic carbocycles. The molecule has 0 amide bonds. The number of aromatic nitrogens is 2. The van der Waals surface area contributed by atoms with Gasteiger partial charge in [0.25, 0.3) is 0 Å². The highest BCUT2D eigenvalue weighted by molar-refractivity contribution is 5.91. The fraction of sp³-hybridized carbons (Fsp3) is 0.529. The molecule has 0 N–H and O–H groups in total. The van der Waals surface area contributed by atoms with Crippen LogP contribution < -0.4 is 0 Å². The maximum absolute atomic E-state index is 11.9. The van der Waals surface area contributed by atoms with Gasteiger partial charge in [0.15, 0.2) is 0 Å². The first kappa shape index (κ1) is 15.5. The summed E-state index contributed by atoms with van der Waals surface area (Å²) >= 11 is 0. The van der Waals surface area contributed by atoms with Crippen LogP contribution >= 0.6 is 0 Å². The molecule has 0 aliphatic heterocycles. The Balaban J connectivity index is 2.28. The topological polar surface area (TPSA) is 44.1 Å². The SMILES string of the molecule is CCOC(=O)C1=CC(C(C)CC)C(n2ccc(C)n2)C=C1. The molecule has 21 heavy (non-hydrogen) atoms. The van der Waals surface area contributed by atoms with Crippen molar-refractivity contribution in [3.63, 3.8) is 0 Å². The Bertz CT molecular complexity index is 557. The molecular formula is C17H24N2O2. The number of ether oxygens (including phenoxy) is 1. The Labute approximate surface area is 126 Å². The van der Waals surface area contributed by atoms with Gasteiger partial charge in [-0.25, -0.2) is 4.79 Å². The van der Waals surface area contributed by atoms with Gasteiger partial charge < -0.3 is 4.74 Å². The van der Waals surface area contributed by atoms with Crippen molar-refractivity contribution in [1.29, 1.82) is 0 Å². The standard InChI is InChI=1S/C17H24N2O2/c1-5-12(3)15-11-14(17(20)21-6-2)7-8-16(15)19-10-9-13(4)18-19/h7-12,15-16H,5-6H2,1-4H3. The highest BCUT2D eigenvalue weighted by Gasteiger charge is 2.29. The quantitative estimate of drug-likeness (QED) is 0.779. The Hall–Kier alpha value is -1.84. The molecule has 114 valence electrons. The monoisotopic (exact) mass is 288 g/mol. The lowest BCUT2D eigenvalue weighted by atomic mass is 9.81. The molecule has 1 aromatic rings. The minimum absolute atomic E-state index is 0.159. The first-order chi connectivity index (χ1) is 10.1. The van der Waals surface area contributed by atoms with Crippen LogP contribution in [0.3, 0.4) is 0 Å². The van der Waals surface area contributed by atoms with Crippen LogP contribution in [-0.4, -0.2) is 22.4 Å². The molecule has 4 nitrogen and oxygen atoms in total. The van der Waals surface area contributed by atoms with Crippen molar-refractivity contribution in [3.05, 3.63) is 41.8 Å². The fourth-order valence-corrected chi connectivity index (χ4v) is 2.68. The molecule has 3 unspecified atom stereocenters. The van der Waals surface area contributed by atoms with Gasteiger partial charge in [-0.15, -0.1) is 0 Å². The number of esters is 1. The molecule has 0 saturated heterocycles. The highest BCUT2D eigenvalue weighted by Crippen LogP contribution is 2.34. The lowest BCUT2D eigenvalue weighted by Gasteiger charge is -2.30. The van der Waals surface area contributed by atoms with E-state index in [0.29, 0.717) is 18.1 Å². The van der Waals surface area contributed by atoms with Crippen molar-refractivity contribution in [3.8, 4) is 0 Å². The molecule has 0 spiro atoms. The molecule has 0 fully saturated rings. The number of hydrogen-bond donors (Lipinski definition) is 0. The summed E-state index contributed by atoms with van der Waals surface area (Å²) in [6.07, 6.45) is 9.03. The van der Waals surface area contributed by atoms with Gasteiger partial charge >= 0.3 is 5.97 Å². The number of aryl methyl sites for hydroxylation is 1.